The van der Waals surface area contributed by atoms with E-state index in [1.165, 1.54) is 38.6 Å². The van der Waals surface area contributed by atoms with Crippen LogP contribution in [0, 0.1) is 5.41 Å². The Hall–Kier alpha value is 0.310. The minimum absolute atomic E-state index is 0.440. The zero-order chi connectivity index (χ0) is 12.2. The van der Waals surface area contributed by atoms with Crippen molar-refractivity contribution in [1.82, 2.24) is 4.90 Å². The van der Waals surface area contributed by atoms with Crippen LogP contribution in [0.4, 0.5) is 0 Å². The summed E-state index contributed by atoms with van der Waals surface area (Å²) in [6, 6.07) is 1.61. The van der Waals surface area contributed by atoms with Crippen LogP contribution >= 0.6 is 12.6 Å². The van der Waals surface area contributed by atoms with Crippen molar-refractivity contribution in [2.45, 2.75) is 71.9 Å². The zero-order valence-corrected chi connectivity index (χ0v) is 12.4. The van der Waals surface area contributed by atoms with Crippen LogP contribution in [0.1, 0.15) is 59.8 Å². The fourth-order valence-electron chi connectivity index (χ4n) is 2.98. The minimum Gasteiger partial charge on any atom is -0.297 e. The molecule has 2 unspecified atom stereocenters. The maximum absolute atomic E-state index is 4.60. The normalized spacial score (nSPS) is 27.6. The lowest BCUT2D eigenvalue weighted by Gasteiger charge is -2.39. The smallest absolute Gasteiger partial charge is 0.00962 e. The van der Waals surface area contributed by atoms with Crippen LogP contribution in [0.2, 0.25) is 0 Å². The Kier molecular flexibility index (Phi) is 5.66. The van der Waals surface area contributed by atoms with Gasteiger partial charge in [0.05, 0.1) is 0 Å². The standard InChI is InChI=1S/C14H29NS/c1-5-13-9-8-12(4)15(13)10-14(6-2,7-3)11-16/h12-13,16H,5-11H2,1-4H3. The van der Waals surface area contributed by atoms with Gasteiger partial charge in [0.25, 0.3) is 0 Å². The molecule has 0 aromatic carbocycles. The van der Waals surface area contributed by atoms with E-state index in [1.807, 2.05) is 0 Å². The summed E-state index contributed by atoms with van der Waals surface area (Å²) < 4.78 is 0. The highest BCUT2D eigenvalue weighted by Crippen LogP contribution is 2.35. The number of likely N-dealkylation sites (tertiary alicyclic amines) is 1. The second-order valence-corrected chi connectivity index (χ2v) is 5.84. The molecular formula is C14H29NS. The molecule has 2 atom stereocenters. The number of nitrogens with zero attached hydrogens (tertiary/aromatic N) is 1. The average molecular weight is 243 g/mol. The second-order valence-electron chi connectivity index (χ2n) is 5.53. The third kappa shape index (κ3) is 2.95. The van der Waals surface area contributed by atoms with E-state index >= 15 is 0 Å². The molecule has 0 radical (unpaired) electrons. The van der Waals surface area contributed by atoms with Crippen molar-refractivity contribution in [3.63, 3.8) is 0 Å². The van der Waals surface area contributed by atoms with Gasteiger partial charge in [0.2, 0.25) is 0 Å². The molecule has 0 aromatic heterocycles. The van der Waals surface area contributed by atoms with Crippen molar-refractivity contribution in [1.29, 1.82) is 0 Å². The third-order valence-electron chi connectivity index (χ3n) is 4.78. The van der Waals surface area contributed by atoms with Crippen molar-refractivity contribution < 1.29 is 0 Å². The highest BCUT2D eigenvalue weighted by atomic mass is 32.1. The maximum atomic E-state index is 4.60. The molecule has 1 aliphatic heterocycles. The number of hydrogen-bond donors (Lipinski definition) is 1. The van der Waals surface area contributed by atoms with Crippen LogP contribution < -0.4 is 0 Å². The van der Waals surface area contributed by atoms with E-state index in [-0.39, 0.29) is 0 Å². The zero-order valence-electron chi connectivity index (χ0n) is 11.5. The van der Waals surface area contributed by atoms with E-state index in [2.05, 4.69) is 45.2 Å². The van der Waals surface area contributed by atoms with Crippen LogP contribution in [-0.4, -0.2) is 29.3 Å². The lowest BCUT2D eigenvalue weighted by atomic mass is 9.83. The predicted molar refractivity (Wildman–Crippen MR) is 76.3 cm³/mol. The van der Waals surface area contributed by atoms with E-state index in [4.69, 9.17) is 0 Å². The molecule has 0 aromatic rings. The number of rotatable bonds is 6. The molecule has 0 bridgehead atoms. The fourth-order valence-corrected chi connectivity index (χ4v) is 3.53. The molecule has 0 saturated carbocycles. The first-order valence-electron chi connectivity index (χ1n) is 6.99. The number of hydrogen-bond acceptors (Lipinski definition) is 2. The van der Waals surface area contributed by atoms with Crippen molar-refractivity contribution in [3.8, 4) is 0 Å². The van der Waals surface area contributed by atoms with E-state index in [9.17, 15) is 0 Å². The Morgan fingerprint density at radius 3 is 2.25 bits per heavy atom. The first kappa shape index (κ1) is 14.4. The summed E-state index contributed by atoms with van der Waals surface area (Å²) in [6.07, 6.45) is 6.60. The molecule has 0 N–H and O–H groups in total. The van der Waals surface area contributed by atoms with Gasteiger partial charge in [-0.2, -0.15) is 12.6 Å². The fraction of sp³-hybridized carbons (Fsp3) is 1.00. The molecule has 1 saturated heterocycles. The molecule has 2 heteroatoms. The van der Waals surface area contributed by atoms with Crippen LogP contribution in [0.25, 0.3) is 0 Å². The van der Waals surface area contributed by atoms with Crippen molar-refractivity contribution in [2.75, 3.05) is 12.3 Å². The van der Waals surface area contributed by atoms with Gasteiger partial charge in [0.1, 0.15) is 0 Å². The van der Waals surface area contributed by atoms with Gasteiger partial charge < -0.3 is 0 Å². The minimum atomic E-state index is 0.440. The highest BCUT2D eigenvalue weighted by Gasteiger charge is 2.35. The van der Waals surface area contributed by atoms with E-state index in [1.54, 1.807) is 0 Å². The van der Waals surface area contributed by atoms with Crippen molar-refractivity contribution >= 4 is 12.6 Å². The largest absolute Gasteiger partial charge is 0.297 e. The van der Waals surface area contributed by atoms with Gasteiger partial charge in [-0.25, -0.2) is 0 Å². The molecule has 1 fully saturated rings. The van der Waals surface area contributed by atoms with Crippen LogP contribution in [0.5, 0.6) is 0 Å². The Labute approximate surface area is 107 Å². The Morgan fingerprint density at radius 2 is 1.81 bits per heavy atom. The molecule has 1 heterocycles. The van der Waals surface area contributed by atoms with Gasteiger partial charge in [0, 0.05) is 18.6 Å². The molecule has 0 aliphatic carbocycles. The van der Waals surface area contributed by atoms with Gasteiger partial charge in [-0.3, -0.25) is 4.90 Å². The summed E-state index contributed by atoms with van der Waals surface area (Å²) in [5, 5.41) is 0. The van der Waals surface area contributed by atoms with Crippen molar-refractivity contribution in [2.24, 2.45) is 5.41 Å². The summed E-state index contributed by atoms with van der Waals surface area (Å²) in [5.41, 5.74) is 0.440. The Balaban J connectivity index is 2.69. The molecule has 0 amide bonds. The third-order valence-corrected chi connectivity index (χ3v) is 5.45. The molecule has 16 heavy (non-hydrogen) atoms. The van der Waals surface area contributed by atoms with Gasteiger partial charge >= 0.3 is 0 Å². The van der Waals surface area contributed by atoms with E-state index < -0.39 is 0 Å². The van der Waals surface area contributed by atoms with E-state index in [0.717, 1.165) is 17.8 Å². The molecule has 1 aliphatic rings. The monoisotopic (exact) mass is 243 g/mol. The molecular weight excluding hydrogens is 214 g/mol. The summed E-state index contributed by atoms with van der Waals surface area (Å²) in [5.74, 6) is 1.03. The molecule has 0 spiro atoms. The second kappa shape index (κ2) is 6.30. The van der Waals surface area contributed by atoms with Crippen molar-refractivity contribution in [3.05, 3.63) is 0 Å². The topological polar surface area (TPSA) is 3.24 Å². The Bertz CT molecular complexity index is 193. The average Bonchev–Trinajstić information content (AvgIpc) is 2.67. The summed E-state index contributed by atoms with van der Waals surface area (Å²) in [4.78, 5) is 2.75. The van der Waals surface area contributed by atoms with Gasteiger partial charge in [-0.05, 0) is 50.2 Å². The first-order valence-corrected chi connectivity index (χ1v) is 7.62. The molecule has 1 nitrogen and oxygen atoms in total. The summed E-state index contributed by atoms with van der Waals surface area (Å²) in [7, 11) is 0. The SMILES string of the molecule is CCC1CCC(C)N1CC(CC)(CC)CS. The lowest BCUT2D eigenvalue weighted by molar-refractivity contribution is 0.114. The van der Waals surface area contributed by atoms with Crippen LogP contribution in [0.3, 0.4) is 0 Å². The van der Waals surface area contributed by atoms with Gasteiger partial charge in [0.15, 0.2) is 0 Å². The Morgan fingerprint density at radius 1 is 1.19 bits per heavy atom. The summed E-state index contributed by atoms with van der Waals surface area (Å²) in [6.45, 7) is 10.6. The van der Waals surface area contributed by atoms with Gasteiger partial charge in [-0.1, -0.05) is 20.8 Å². The summed E-state index contributed by atoms with van der Waals surface area (Å²) >= 11 is 4.60. The highest BCUT2D eigenvalue weighted by molar-refractivity contribution is 7.80. The lowest BCUT2D eigenvalue weighted by Crippen LogP contribution is -2.44. The number of thiol groups is 1. The molecule has 1 rings (SSSR count). The van der Waals surface area contributed by atoms with E-state index in [0.29, 0.717) is 5.41 Å². The van der Waals surface area contributed by atoms with Gasteiger partial charge in [-0.15, -0.1) is 0 Å². The first-order chi connectivity index (χ1) is 7.62. The molecule has 96 valence electrons. The van der Waals surface area contributed by atoms with Crippen LogP contribution in [-0.2, 0) is 0 Å². The predicted octanol–water partition coefficient (Wildman–Crippen LogP) is 3.99. The van der Waals surface area contributed by atoms with Crippen LogP contribution in [0.15, 0.2) is 0 Å². The quantitative estimate of drug-likeness (QED) is 0.691. The maximum Gasteiger partial charge on any atom is 0.00962 e.